The van der Waals surface area contributed by atoms with E-state index < -0.39 is 120 Å². The van der Waals surface area contributed by atoms with Crippen molar-refractivity contribution in [2.24, 2.45) is 34.5 Å². The van der Waals surface area contributed by atoms with Gasteiger partial charge in [-0.15, -0.1) is 0 Å². The van der Waals surface area contributed by atoms with Crippen molar-refractivity contribution in [2.75, 3.05) is 20.3 Å². The number of esters is 3. The molecule has 3 aliphatic heterocycles. The molecule has 3 heterocycles. The number of fused-ring (bicyclic) bond motifs is 2. The first-order chi connectivity index (χ1) is 22.5. The van der Waals surface area contributed by atoms with Gasteiger partial charge in [-0.05, 0) is 36.2 Å². The minimum Gasteiger partial charge on any atom is -0.467 e. The summed E-state index contributed by atoms with van der Waals surface area (Å²) in [5.41, 5.74) is -4.55. The fourth-order valence-corrected chi connectivity index (χ4v) is 9.81. The van der Waals surface area contributed by atoms with Gasteiger partial charge in [0.25, 0.3) is 0 Å². The predicted octanol–water partition coefficient (Wildman–Crippen LogP) is -2.14. The van der Waals surface area contributed by atoms with E-state index in [9.17, 15) is 49.8 Å². The Kier molecular flexibility index (Phi) is 8.76. The molecule has 6 aliphatic rings. The SMILES string of the molecule is COC(=O)C12OCC34C(CC5C(C)=C(OC6OC(CO)C(O)C(O)C6O)C(=O)CC5(C)C3C(O)C1O)OC(=O)C(OC(=O)CC(C)C)C24. The largest absolute Gasteiger partial charge is 0.467 e. The molecule has 0 aromatic carbocycles. The van der Waals surface area contributed by atoms with Gasteiger partial charge in [-0.3, -0.25) is 9.59 Å². The smallest absolute Gasteiger partial charge is 0.348 e. The van der Waals surface area contributed by atoms with Crippen LogP contribution in [-0.2, 0) is 47.6 Å². The lowest BCUT2D eigenvalue weighted by Crippen LogP contribution is -2.79. The maximum absolute atomic E-state index is 14.0. The zero-order valence-corrected chi connectivity index (χ0v) is 27.3. The van der Waals surface area contributed by atoms with Crippen LogP contribution in [0.2, 0.25) is 0 Å². The molecule has 268 valence electrons. The van der Waals surface area contributed by atoms with E-state index in [1.807, 2.05) is 0 Å². The molecule has 2 saturated carbocycles. The number of rotatable bonds is 7. The molecule has 0 radical (unpaired) electrons. The average Bonchev–Trinajstić information content (AvgIpc) is 3.33. The lowest BCUT2D eigenvalue weighted by Gasteiger charge is -2.67. The zero-order valence-electron chi connectivity index (χ0n) is 27.3. The summed E-state index contributed by atoms with van der Waals surface area (Å²) in [4.78, 5) is 54.2. The van der Waals surface area contributed by atoms with Gasteiger partial charge >= 0.3 is 17.9 Å². The molecule has 16 heteroatoms. The normalized spacial score (nSPS) is 48.0. The Morgan fingerprint density at radius 2 is 1.71 bits per heavy atom. The number of Topliss-reactive ketones (excluding diaryl/α,β-unsaturated/α-hetero) is 1. The third-order valence-electron chi connectivity index (χ3n) is 11.7. The molecule has 3 saturated heterocycles. The number of methoxy groups -OCH3 is 1. The van der Waals surface area contributed by atoms with Gasteiger partial charge in [-0.25, -0.2) is 9.59 Å². The number of carbonyl (C=O) groups is 4. The zero-order chi connectivity index (χ0) is 35.2. The van der Waals surface area contributed by atoms with Crippen LogP contribution in [0.3, 0.4) is 0 Å². The first-order valence-electron chi connectivity index (χ1n) is 16.2. The van der Waals surface area contributed by atoms with Crippen LogP contribution in [0.5, 0.6) is 0 Å². The summed E-state index contributed by atoms with van der Waals surface area (Å²) in [6, 6.07) is 0. The van der Waals surface area contributed by atoms with Crippen LogP contribution in [0.15, 0.2) is 11.3 Å². The summed E-state index contributed by atoms with van der Waals surface area (Å²) in [7, 11) is 1.07. The monoisotopic (exact) mass is 684 g/mol. The molecule has 48 heavy (non-hydrogen) atoms. The lowest BCUT2D eigenvalue weighted by atomic mass is 9.38. The van der Waals surface area contributed by atoms with Crippen LogP contribution in [0, 0.1) is 34.5 Å². The summed E-state index contributed by atoms with van der Waals surface area (Å²) in [6.07, 6.45) is -14.8. The highest BCUT2D eigenvalue weighted by molar-refractivity contribution is 5.96. The van der Waals surface area contributed by atoms with Crippen LogP contribution >= 0.6 is 0 Å². The summed E-state index contributed by atoms with van der Waals surface area (Å²) in [5.74, 6) is -6.74. The van der Waals surface area contributed by atoms with E-state index in [1.165, 1.54) is 0 Å². The van der Waals surface area contributed by atoms with Crippen molar-refractivity contribution in [1.29, 1.82) is 0 Å². The molecule has 3 aliphatic carbocycles. The van der Waals surface area contributed by atoms with Gasteiger partial charge in [0.15, 0.2) is 11.5 Å². The van der Waals surface area contributed by atoms with E-state index in [1.54, 1.807) is 27.7 Å². The highest BCUT2D eigenvalue weighted by atomic mass is 16.7. The van der Waals surface area contributed by atoms with Crippen LogP contribution in [0.4, 0.5) is 0 Å². The van der Waals surface area contributed by atoms with E-state index in [4.69, 9.17) is 28.4 Å². The summed E-state index contributed by atoms with van der Waals surface area (Å²) in [6.45, 7) is 5.88. The maximum atomic E-state index is 14.0. The first-order valence-corrected chi connectivity index (χ1v) is 16.2. The van der Waals surface area contributed by atoms with Gasteiger partial charge in [0.05, 0.1) is 32.3 Å². The second-order valence-electron chi connectivity index (χ2n) is 14.7. The number of carbonyl (C=O) groups excluding carboxylic acids is 4. The molecule has 0 aromatic rings. The molecule has 16 nitrogen and oxygen atoms in total. The fourth-order valence-electron chi connectivity index (χ4n) is 9.81. The van der Waals surface area contributed by atoms with Gasteiger partial charge in [0.2, 0.25) is 18.0 Å². The predicted molar refractivity (Wildman–Crippen MR) is 155 cm³/mol. The van der Waals surface area contributed by atoms with E-state index in [-0.39, 0.29) is 37.5 Å². The standard InChI is InChI=1S/C32H44O16/c1-11(2)6-17(35)47-23-25-31-10-44-32(25,29(42)43-5)26(40)21(39)24(31)30(4)8-14(34)22(12(3)13(30)7-16(31)46-27(23)41)48-28-20(38)19(37)18(36)15(9-33)45-28/h11,13,15-16,18-21,23-26,28,33,36-40H,6-10H2,1-5H3. The minimum atomic E-state index is -2.30. The number of hydrogen-bond acceptors (Lipinski definition) is 16. The maximum Gasteiger partial charge on any atom is 0.348 e. The Morgan fingerprint density at radius 1 is 1.02 bits per heavy atom. The fraction of sp³-hybridized carbons (Fsp3) is 0.812. The van der Waals surface area contributed by atoms with Crippen molar-refractivity contribution in [3.05, 3.63) is 11.3 Å². The van der Waals surface area contributed by atoms with E-state index in [0.29, 0.717) is 5.57 Å². The average molecular weight is 685 g/mol. The van der Waals surface area contributed by atoms with Crippen molar-refractivity contribution in [2.45, 2.75) is 108 Å². The highest BCUT2D eigenvalue weighted by Crippen LogP contribution is 2.73. The summed E-state index contributed by atoms with van der Waals surface area (Å²) in [5, 5.41) is 64.4. The van der Waals surface area contributed by atoms with E-state index in [2.05, 4.69) is 0 Å². The lowest BCUT2D eigenvalue weighted by molar-refractivity contribution is -0.296. The van der Waals surface area contributed by atoms with Crippen LogP contribution in [0.1, 0.15) is 47.0 Å². The van der Waals surface area contributed by atoms with Crippen molar-refractivity contribution < 1.29 is 78.2 Å². The first kappa shape index (κ1) is 35.1. The molecule has 0 aromatic heterocycles. The molecular weight excluding hydrogens is 640 g/mol. The van der Waals surface area contributed by atoms with E-state index >= 15 is 0 Å². The molecule has 15 unspecified atom stereocenters. The Balaban J connectivity index is 1.44. The molecule has 6 rings (SSSR count). The Labute approximate surface area is 275 Å². The second-order valence-corrected chi connectivity index (χ2v) is 14.7. The molecule has 1 spiro atoms. The van der Waals surface area contributed by atoms with Crippen molar-refractivity contribution in [3.8, 4) is 0 Å². The topological polar surface area (TPSA) is 245 Å². The van der Waals surface area contributed by atoms with Crippen LogP contribution in [-0.4, -0.2) is 135 Å². The third kappa shape index (κ3) is 4.63. The van der Waals surface area contributed by atoms with Gasteiger partial charge in [-0.2, -0.15) is 0 Å². The molecule has 0 amide bonds. The summed E-state index contributed by atoms with van der Waals surface area (Å²) >= 11 is 0. The van der Waals surface area contributed by atoms with Crippen LogP contribution < -0.4 is 0 Å². The second kappa shape index (κ2) is 12.0. The Bertz CT molecular complexity index is 1390. The molecule has 15 atom stereocenters. The number of aliphatic hydroxyl groups is 6. The van der Waals surface area contributed by atoms with Gasteiger partial charge in [0.1, 0.15) is 36.6 Å². The molecule has 5 fully saturated rings. The molecule has 6 N–H and O–H groups in total. The quantitative estimate of drug-likeness (QED) is 0.124. The molecular formula is C32H44O16. The summed E-state index contributed by atoms with van der Waals surface area (Å²) < 4.78 is 34.2. The van der Waals surface area contributed by atoms with E-state index in [0.717, 1.165) is 7.11 Å². The number of aliphatic hydroxyl groups excluding tert-OH is 6. The van der Waals surface area contributed by atoms with Gasteiger partial charge < -0.3 is 59.1 Å². The number of hydrogen-bond donors (Lipinski definition) is 6. The molecule has 2 bridgehead atoms. The highest BCUT2D eigenvalue weighted by Gasteiger charge is 2.85. The number of allylic oxidation sites excluding steroid dienone is 2. The minimum absolute atomic E-state index is 0.0476. The van der Waals surface area contributed by atoms with Crippen LogP contribution in [0.25, 0.3) is 0 Å². The van der Waals surface area contributed by atoms with Crippen molar-refractivity contribution in [3.63, 3.8) is 0 Å². The van der Waals surface area contributed by atoms with Crippen molar-refractivity contribution in [1.82, 2.24) is 0 Å². The van der Waals surface area contributed by atoms with Crippen molar-refractivity contribution >= 4 is 23.7 Å². The third-order valence-corrected chi connectivity index (χ3v) is 11.7. The Morgan fingerprint density at radius 3 is 2.33 bits per heavy atom. The number of ether oxygens (including phenoxy) is 6. The van der Waals surface area contributed by atoms with Gasteiger partial charge in [0, 0.05) is 24.2 Å². The Hall–Kier alpha value is -2.70. The number of ketones is 1. The van der Waals surface area contributed by atoms with Gasteiger partial charge in [-0.1, -0.05) is 20.8 Å².